The second kappa shape index (κ2) is 9.82. The molecular weight excluding hydrogens is 415 g/mol. The van der Waals surface area contributed by atoms with Gasteiger partial charge in [0.1, 0.15) is 5.82 Å². The molecule has 3 aromatic rings. The van der Waals surface area contributed by atoms with E-state index in [1.807, 2.05) is 42.5 Å². The summed E-state index contributed by atoms with van der Waals surface area (Å²) in [5.74, 6) is -0.507. The lowest BCUT2D eigenvalue weighted by molar-refractivity contribution is -0.130. The lowest BCUT2D eigenvalue weighted by atomic mass is 9.78. The van der Waals surface area contributed by atoms with Crippen molar-refractivity contribution < 1.29 is 14.0 Å². The predicted molar refractivity (Wildman–Crippen MR) is 128 cm³/mol. The third-order valence-corrected chi connectivity index (χ3v) is 6.26. The molecule has 1 fully saturated rings. The number of carbonyl (C=O) groups excluding carboxylic acids is 2. The van der Waals surface area contributed by atoms with Gasteiger partial charge in [0.15, 0.2) is 0 Å². The van der Waals surface area contributed by atoms with E-state index in [1.165, 1.54) is 6.07 Å². The number of hydrogen-bond acceptors (Lipinski definition) is 2. The number of benzene rings is 3. The van der Waals surface area contributed by atoms with E-state index in [1.54, 1.807) is 41.3 Å². The standard InChI is InChI=1S/C28H27FN2O2/c1-2-17-30-27(33)28(16-18-31(20-28)26(32)21-10-4-3-5-11-21)19-22-12-6-7-13-23(22)24-14-8-9-15-25(24)29/h2-15H,1,16-20H2,(H,30,33). The molecule has 1 aliphatic rings. The van der Waals surface area contributed by atoms with Gasteiger partial charge in [0, 0.05) is 30.8 Å². The van der Waals surface area contributed by atoms with Crippen LogP contribution in [0.4, 0.5) is 4.39 Å². The van der Waals surface area contributed by atoms with E-state index >= 15 is 0 Å². The van der Waals surface area contributed by atoms with Gasteiger partial charge in [-0.15, -0.1) is 6.58 Å². The van der Waals surface area contributed by atoms with Crippen molar-refractivity contribution in [2.24, 2.45) is 5.41 Å². The minimum absolute atomic E-state index is 0.0867. The van der Waals surface area contributed by atoms with Crippen LogP contribution in [0.15, 0.2) is 91.5 Å². The summed E-state index contributed by atoms with van der Waals surface area (Å²) in [5, 5.41) is 2.94. The molecule has 3 aromatic carbocycles. The number of halogens is 1. The Kier molecular flexibility index (Phi) is 6.68. The van der Waals surface area contributed by atoms with E-state index < -0.39 is 5.41 Å². The molecule has 2 amide bonds. The van der Waals surface area contributed by atoms with Crippen molar-refractivity contribution in [3.63, 3.8) is 0 Å². The molecule has 33 heavy (non-hydrogen) atoms. The quantitative estimate of drug-likeness (QED) is 0.531. The smallest absolute Gasteiger partial charge is 0.253 e. The van der Waals surface area contributed by atoms with Gasteiger partial charge in [0.25, 0.3) is 5.91 Å². The van der Waals surface area contributed by atoms with E-state index in [4.69, 9.17) is 0 Å². The number of likely N-dealkylation sites (tertiary alicyclic amines) is 1. The zero-order chi connectivity index (χ0) is 23.3. The number of carbonyl (C=O) groups is 2. The molecule has 0 spiro atoms. The fraction of sp³-hybridized carbons (Fsp3) is 0.214. The van der Waals surface area contributed by atoms with Gasteiger partial charge >= 0.3 is 0 Å². The highest BCUT2D eigenvalue weighted by Crippen LogP contribution is 2.38. The molecule has 1 N–H and O–H groups in total. The second-order valence-corrected chi connectivity index (χ2v) is 8.44. The van der Waals surface area contributed by atoms with E-state index in [-0.39, 0.29) is 17.6 Å². The van der Waals surface area contributed by atoms with Crippen LogP contribution in [-0.4, -0.2) is 36.3 Å². The number of rotatable bonds is 7. The van der Waals surface area contributed by atoms with Crippen molar-refractivity contribution in [1.29, 1.82) is 0 Å². The minimum atomic E-state index is -0.811. The zero-order valence-electron chi connectivity index (χ0n) is 18.5. The van der Waals surface area contributed by atoms with Crippen LogP contribution >= 0.6 is 0 Å². The maximum atomic E-state index is 14.6. The van der Waals surface area contributed by atoms with E-state index in [2.05, 4.69) is 11.9 Å². The normalized spacial score (nSPS) is 17.5. The molecule has 0 radical (unpaired) electrons. The summed E-state index contributed by atoms with van der Waals surface area (Å²) in [4.78, 5) is 28.2. The van der Waals surface area contributed by atoms with Gasteiger partial charge in [-0.3, -0.25) is 9.59 Å². The molecule has 0 saturated carbocycles. The van der Waals surface area contributed by atoms with Crippen molar-refractivity contribution in [2.75, 3.05) is 19.6 Å². The summed E-state index contributed by atoms with van der Waals surface area (Å²) < 4.78 is 14.6. The van der Waals surface area contributed by atoms with Crippen LogP contribution in [0, 0.1) is 11.2 Å². The molecule has 1 heterocycles. The summed E-state index contributed by atoms with van der Waals surface area (Å²) in [6, 6.07) is 23.3. The summed E-state index contributed by atoms with van der Waals surface area (Å²) >= 11 is 0. The summed E-state index contributed by atoms with van der Waals surface area (Å²) in [5.41, 5.74) is 1.94. The molecule has 1 saturated heterocycles. The first-order chi connectivity index (χ1) is 16.0. The Bertz CT molecular complexity index is 1160. The van der Waals surface area contributed by atoms with Crippen LogP contribution in [0.1, 0.15) is 22.3 Å². The molecule has 4 rings (SSSR count). The molecule has 5 heteroatoms. The van der Waals surface area contributed by atoms with Crippen molar-refractivity contribution in [3.8, 4) is 11.1 Å². The molecule has 1 unspecified atom stereocenters. The first-order valence-electron chi connectivity index (χ1n) is 11.1. The van der Waals surface area contributed by atoms with Gasteiger partial charge in [-0.25, -0.2) is 4.39 Å². The average Bonchev–Trinajstić information content (AvgIpc) is 3.28. The van der Waals surface area contributed by atoms with Crippen LogP contribution in [0.25, 0.3) is 11.1 Å². The topological polar surface area (TPSA) is 49.4 Å². The Morgan fingerprint density at radius 2 is 1.64 bits per heavy atom. The fourth-order valence-corrected chi connectivity index (χ4v) is 4.55. The van der Waals surface area contributed by atoms with Crippen molar-refractivity contribution in [2.45, 2.75) is 12.8 Å². The van der Waals surface area contributed by atoms with Gasteiger partial charge in [-0.1, -0.05) is 66.7 Å². The minimum Gasteiger partial charge on any atom is -0.352 e. The number of hydrogen-bond donors (Lipinski definition) is 1. The van der Waals surface area contributed by atoms with Gasteiger partial charge in [-0.2, -0.15) is 0 Å². The Balaban J connectivity index is 1.67. The van der Waals surface area contributed by atoms with E-state index in [0.717, 1.165) is 11.1 Å². The lowest BCUT2D eigenvalue weighted by Crippen LogP contribution is -2.45. The first-order valence-corrected chi connectivity index (χ1v) is 11.1. The highest BCUT2D eigenvalue weighted by molar-refractivity contribution is 5.95. The highest BCUT2D eigenvalue weighted by atomic mass is 19.1. The molecular formula is C28H27FN2O2. The van der Waals surface area contributed by atoms with Crippen molar-refractivity contribution in [3.05, 3.63) is 108 Å². The zero-order valence-corrected chi connectivity index (χ0v) is 18.5. The second-order valence-electron chi connectivity index (χ2n) is 8.44. The third-order valence-electron chi connectivity index (χ3n) is 6.26. The largest absolute Gasteiger partial charge is 0.352 e. The molecule has 0 aliphatic carbocycles. The summed E-state index contributed by atoms with van der Waals surface area (Å²) in [6.07, 6.45) is 2.57. The van der Waals surface area contributed by atoms with Crippen LogP contribution in [-0.2, 0) is 11.2 Å². The average molecular weight is 443 g/mol. The van der Waals surface area contributed by atoms with Crippen LogP contribution in [0.2, 0.25) is 0 Å². The van der Waals surface area contributed by atoms with Crippen molar-refractivity contribution >= 4 is 11.8 Å². The van der Waals surface area contributed by atoms with Crippen molar-refractivity contribution in [1.82, 2.24) is 10.2 Å². The predicted octanol–water partition coefficient (Wildman–Crippen LogP) is 4.87. The molecule has 0 bridgehead atoms. The van der Waals surface area contributed by atoms with Crippen LogP contribution in [0.3, 0.4) is 0 Å². The number of nitrogens with one attached hydrogen (secondary N) is 1. The summed E-state index contributed by atoms with van der Waals surface area (Å²) in [7, 11) is 0. The number of nitrogens with zero attached hydrogens (tertiary/aromatic N) is 1. The highest BCUT2D eigenvalue weighted by Gasteiger charge is 2.46. The Hall–Kier alpha value is -3.73. The molecule has 168 valence electrons. The van der Waals surface area contributed by atoms with Gasteiger partial charge < -0.3 is 10.2 Å². The maximum absolute atomic E-state index is 14.6. The Morgan fingerprint density at radius 3 is 2.36 bits per heavy atom. The van der Waals surface area contributed by atoms with Crippen LogP contribution < -0.4 is 5.32 Å². The molecule has 4 nitrogen and oxygen atoms in total. The van der Waals surface area contributed by atoms with Gasteiger partial charge in [0.05, 0.1) is 5.41 Å². The summed E-state index contributed by atoms with van der Waals surface area (Å²) in [6.45, 7) is 4.82. The molecule has 1 atom stereocenters. The SMILES string of the molecule is C=CCNC(=O)C1(Cc2ccccc2-c2ccccc2F)CCN(C(=O)c2ccccc2)C1. The van der Waals surface area contributed by atoms with Crippen LogP contribution in [0.5, 0.6) is 0 Å². The Morgan fingerprint density at radius 1 is 0.970 bits per heavy atom. The van der Waals surface area contributed by atoms with Gasteiger partial charge in [0.2, 0.25) is 5.91 Å². The lowest BCUT2D eigenvalue weighted by Gasteiger charge is -2.29. The Labute approximate surface area is 193 Å². The van der Waals surface area contributed by atoms with E-state index in [0.29, 0.717) is 43.6 Å². The van der Waals surface area contributed by atoms with Gasteiger partial charge in [-0.05, 0) is 42.2 Å². The monoisotopic (exact) mass is 442 g/mol. The first kappa shape index (κ1) is 22.5. The molecule has 0 aromatic heterocycles. The number of amides is 2. The fourth-order valence-electron chi connectivity index (χ4n) is 4.55. The molecule has 1 aliphatic heterocycles. The van der Waals surface area contributed by atoms with E-state index in [9.17, 15) is 14.0 Å². The third kappa shape index (κ3) is 4.72. The maximum Gasteiger partial charge on any atom is 0.253 e.